The molecule has 4 aromatic rings. The molecule has 0 amide bonds. The smallest absolute Gasteiger partial charge is 0.254 e. The van der Waals surface area contributed by atoms with Gasteiger partial charge in [-0.05, 0) is 49.9 Å². The van der Waals surface area contributed by atoms with Crippen molar-refractivity contribution in [3.05, 3.63) is 81.5 Å². The van der Waals surface area contributed by atoms with Crippen molar-refractivity contribution in [2.75, 3.05) is 5.32 Å². The normalized spacial score (nSPS) is 13.1. The first-order valence-electron chi connectivity index (χ1n) is 9.62. The highest BCUT2D eigenvalue weighted by molar-refractivity contribution is 6.31. The van der Waals surface area contributed by atoms with Gasteiger partial charge in [0.2, 0.25) is 0 Å². The van der Waals surface area contributed by atoms with Crippen LogP contribution in [0.15, 0.2) is 42.5 Å². The van der Waals surface area contributed by atoms with Crippen molar-refractivity contribution in [3.63, 3.8) is 0 Å². The summed E-state index contributed by atoms with van der Waals surface area (Å²) in [5, 5.41) is 8.17. The van der Waals surface area contributed by atoms with E-state index in [9.17, 15) is 4.39 Å². The molecule has 0 aliphatic heterocycles. The fourth-order valence-electron chi connectivity index (χ4n) is 3.72. The zero-order valence-electron chi connectivity index (χ0n) is 15.9. The third kappa shape index (κ3) is 3.44. The standard InChI is InChI=1S/C22H19ClFN5/c1-13-5-7-14(8-6-13)11-20-27-22-26-19-4-2-3-16(19)21(29(22)28-20)25-15-9-10-18(24)17(23)12-15/h5-10,12,25H,2-4,11H2,1H3. The molecule has 2 aromatic heterocycles. The summed E-state index contributed by atoms with van der Waals surface area (Å²) < 4.78 is 15.3. The van der Waals surface area contributed by atoms with Gasteiger partial charge in [-0.3, -0.25) is 0 Å². The predicted molar refractivity (Wildman–Crippen MR) is 111 cm³/mol. The van der Waals surface area contributed by atoms with Crippen LogP contribution in [0.2, 0.25) is 5.02 Å². The lowest BCUT2D eigenvalue weighted by molar-refractivity contribution is 0.628. The molecule has 0 saturated carbocycles. The van der Waals surface area contributed by atoms with Crippen molar-refractivity contribution in [1.29, 1.82) is 0 Å². The van der Waals surface area contributed by atoms with Crippen LogP contribution in [0.3, 0.4) is 0 Å². The monoisotopic (exact) mass is 407 g/mol. The van der Waals surface area contributed by atoms with E-state index in [1.807, 2.05) is 0 Å². The van der Waals surface area contributed by atoms with Gasteiger partial charge in [0.1, 0.15) is 11.6 Å². The lowest BCUT2D eigenvalue weighted by atomic mass is 10.1. The molecule has 2 heterocycles. The Bertz CT molecular complexity index is 1220. The Kier molecular flexibility index (Phi) is 4.43. The van der Waals surface area contributed by atoms with Gasteiger partial charge in [-0.2, -0.15) is 9.50 Å². The Morgan fingerprint density at radius 2 is 1.93 bits per heavy atom. The number of benzene rings is 2. The van der Waals surface area contributed by atoms with Crippen molar-refractivity contribution in [2.45, 2.75) is 32.6 Å². The Hall–Kier alpha value is -2.99. The predicted octanol–water partition coefficient (Wildman–Crippen LogP) is 5.05. The molecule has 0 spiro atoms. The number of hydrogen-bond acceptors (Lipinski definition) is 4. The van der Waals surface area contributed by atoms with Gasteiger partial charge in [-0.15, -0.1) is 5.10 Å². The van der Waals surface area contributed by atoms with E-state index in [1.165, 1.54) is 11.6 Å². The van der Waals surface area contributed by atoms with Crippen molar-refractivity contribution in [1.82, 2.24) is 19.6 Å². The fraction of sp³-hybridized carbons (Fsp3) is 0.227. The van der Waals surface area contributed by atoms with E-state index in [-0.39, 0.29) is 5.02 Å². The summed E-state index contributed by atoms with van der Waals surface area (Å²) >= 11 is 5.96. The van der Waals surface area contributed by atoms with Crippen molar-refractivity contribution >= 4 is 28.9 Å². The molecule has 29 heavy (non-hydrogen) atoms. The number of anilines is 2. The van der Waals surface area contributed by atoms with Crippen LogP contribution in [0.5, 0.6) is 0 Å². The minimum absolute atomic E-state index is 0.0793. The quantitative estimate of drug-likeness (QED) is 0.514. The molecule has 1 aliphatic rings. The molecular weight excluding hydrogens is 389 g/mol. The largest absolute Gasteiger partial charge is 0.340 e. The average molecular weight is 408 g/mol. The molecule has 1 N–H and O–H groups in total. The maximum absolute atomic E-state index is 13.5. The van der Waals surface area contributed by atoms with Crippen LogP contribution in [0, 0.1) is 12.7 Å². The molecule has 0 bridgehead atoms. The van der Waals surface area contributed by atoms with Crippen molar-refractivity contribution in [3.8, 4) is 0 Å². The molecule has 0 radical (unpaired) electrons. The number of nitrogens with one attached hydrogen (secondary N) is 1. The van der Waals surface area contributed by atoms with Gasteiger partial charge < -0.3 is 5.32 Å². The topological polar surface area (TPSA) is 55.1 Å². The van der Waals surface area contributed by atoms with Crippen LogP contribution in [-0.4, -0.2) is 19.6 Å². The number of rotatable bonds is 4. The van der Waals surface area contributed by atoms with E-state index < -0.39 is 5.82 Å². The van der Waals surface area contributed by atoms with Crippen LogP contribution >= 0.6 is 11.6 Å². The second kappa shape index (κ2) is 7.12. The summed E-state index contributed by atoms with van der Waals surface area (Å²) in [6.45, 7) is 2.07. The van der Waals surface area contributed by atoms with Crippen molar-refractivity contribution < 1.29 is 4.39 Å². The molecule has 0 unspecified atom stereocenters. The van der Waals surface area contributed by atoms with Gasteiger partial charge in [-0.1, -0.05) is 41.4 Å². The highest BCUT2D eigenvalue weighted by Crippen LogP contribution is 2.31. The minimum Gasteiger partial charge on any atom is -0.340 e. The minimum atomic E-state index is -0.441. The molecule has 5 nitrogen and oxygen atoms in total. The third-order valence-electron chi connectivity index (χ3n) is 5.22. The third-order valence-corrected chi connectivity index (χ3v) is 5.51. The van der Waals surface area contributed by atoms with Crippen molar-refractivity contribution in [2.24, 2.45) is 0 Å². The maximum Gasteiger partial charge on any atom is 0.254 e. The van der Waals surface area contributed by atoms with Gasteiger partial charge in [0.05, 0.1) is 10.7 Å². The molecule has 5 rings (SSSR count). The molecule has 7 heteroatoms. The summed E-state index contributed by atoms with van der Waals surface area (Å²) in [5.41, 5.74) is 5.25. The Morgan fingerprint density at radius 1 is 1.10 bits per heavy atom. The first-order chi connectivity index (χ1) is 14.1. The Balaban J connectivity index is 1.56. The van der Waals surface area contributed by atoms with Gasteiger partial charge in [0.15, 0.2) is 5.82 Å². The van der Waals surface area contributed by atoms with E-state index in [0.29, 0.717) is 23.7 Å². The summed E-state index contributed by atoms with van der Waals surface area (Å²) in [5.74, 6) is 1.67. The summed E-state index contributed by atoms with van der Waals surface area (Å²) in [7, 11) is 0. The first kappa shape index (κ1) is 18.1. The molecule has 0 atom stereocenters. The fourth-order valence-corrected chi connectivity index (χ4v) is 3.91. The summed E-state index contributed by atoms with van der Waals surface area (Å²) in [6.07, 6.45) is 3.52. The second-order valence-electron chi connectivity index (χ2n) is 7.40. The molecule has 1 aliphatic carbocycles. The van der Waals surface area contributed by atoms with Crippen LogP contribution in [-0.2, 0) is 19.3 Å². The lowest BCUT2D eigenvalue weighted by Crippen LogP contribution is -2.07. The van der Waals surface area contributed by atoms with Crippen LogP contribution in [0.25, 0.3) is 5.78 Å². The first-order valence-corrected chi connectivity index (χ1v) is 9.99. The SMILES string of the molecule is Cc1ccc(Cc2nc3nc4c(c(Nc5ccc(F)c(Cl)c5)n3n2)CCC4)cc1. The van der Waals surface area contributed by atoms with E-state index in [4.69, 9.17) is 21.7 Å². The van der Waals surface area contributed by atoms with Crippen LogP contribution in [0.1, 0.15) is 34.6 Å². The van der Waals surface area contributed by atoms with E-state index >= 15 is 0 Å². The number of fused-ring (bicyclic) bond motifs is 2. The number of halogens is 2. The van der Waals surface area contributed by atoms with Gasteiger partial charge in [-0.25, -0.2) is 9.37 Å². The zero-order valence-corrected chi connectivity index (χ0v) is 16.7. The second-order valence-corrected chi connectivity index (χ2v) is 7.80. The van der Waals surface area contributed by atoms with Crippen LogP contribution < -0.4 is 5.32 Å². The van der Waals surface area contributed by atoms with E-state index in [1.54, 1.807) is 16.6 Å². The summed E-state index contributed by atoms with van der Waals surface area (Å²) in [4.78, 5) is 9.39. The Morgan fingerprint density at radius 3 is 2.72 bits per heavy atom. The molecule has 0 fully saturated rings. The van der Waals surface area contributed by atoms with E-state index in [2.05, 4.69) is 41.5 Å². The number of hydrogen-bond donors (Lipinski definition) is 1. The lowest BCUT2D eigenvalue weighted by Gasteiger charge is -2.12. The molecular formula is C22H19ClFN5. The number of nitrogens with zero attached hydrogens (tertiary/aromatic N) is 4. The number of aromatic nitrogens is 4. The highest BCUT2D eigenvalue weighted by atomic mass is 35.5. The van der Waals surface area contributed by atoms with Gasteiger partial charge >= 0.3 is 0 Å². The van der Waals surface area contributed by atoms with Crippen LogP contribution in [0.4, 0.5) is 15.9 Å². The molecule has 0 saturated heterocycles. The van der Waals surface area contributed by atoms with Gasteiger partial charge in [0, 0.05) is 17.7 Å². The maximum atomic E-state index is 13.5. The molecule has 146 valence electrons. The van der Waals surface area contributed by atoms with E-state index in [0.717, 1.165) is 41.9 Å². The average Bonchev–Trinajstić information content (AvgIpc) is 3.33. The zero-order chi connectivity index (χ0) is 20.0. The number of aryl methyl sites for hydroxylation is 2. The summed E-state index contributed by atoms with van der Waals surface area (Å²) in [6, 6.07) is 13.0. The molecule has 2 aromatic carbocycles. The Labute approximate surface area is 172 Å². The van der Waals surface area contributed by atoms with Gasteiger partial charge in [0.25, 0.3) is 5.78 Å². The highest BCUT2D eigenvalue weighted by Gasteiger charge is 2.22.